The second-order valence-electron chi connectivity index (χ2n) is 11.1. The first-order valence-electron chi connectivity index (χ1n) is 12.2. The fourth-order valence-corrected chi connectivity index (χ4v) is 6.79. The molecule has 0 unspecified atom stereocenters. The van der Waals surface area contributed by atoms with Gasteiger partial charge in [0, 0.05) is 50.5 Å². The molecule has 1 aromatic rings. The third kappa shape index (κ3) is 6.05. The number of ether oxygens (including phenoxy) is 1. The first-order chi connectivity index (χ1) is 17.9. The summed E-state index contributed by atoms with van der Waals surface area (Å²) in [7, 11) is -4.47. The summed E-state index contributed by atoms with van der Waals surface area (Å²) < 4.78 is 72.7. The molecule has 16 heteroatoms. The lowest BCUT2D eigenvalue weighted by molar-refractivity contribution is -0.143. The Morgan fingerprint density at radius 3 is 2.54 bits per heavy atom. The Kier molecular flexibility index (Phi) is 7.25. The monoisotopic (exact) mass is 577 g/mol. The third-order valence-corrected chi connectivity index (χ3v) is 8.59. The van der Waals surface area contributed by atoms with Gasteiger partial charge in [-0.1, -0.05) is 0 Å². The number of rotatable bonds is 4. The molecule has 3 amide bonds. The van der Waals surface area contributed by atoms with Crippen molar-refractivity contribution in [1.29, 1.82) is 0 Å². The highest BCUT2D eigenvalue weighted by Gasteiger charge is 2.61. The van der Waals surface area contributed by atoms with E-state index in [0.717, 1.165) is 16.6 Å². The number of nitrogens with zero attached hydrogens (tertiary/aromatic N) is 3. The third-order valence-electron chi connectivity index (χ3n) is 7.20. The van der Waals surface area contributed by atoms with Crippen LogP contribution in [0.4, 0.5) is 22.8 Å². The van der Waals surface area contributed by atoms with Crippen LogP contribution < -0.4 is 10.0 Å². The highest BCUT2D eigenvalue weighted by atomic mass is 32.2. The van der Waals surface area contributed by atoms with E-state index in [2.05, 4.69) is 10.3 Å². The van der Waals surface area contributed by atoms with Crippen molar-refractivity contribution in [3.8, 4) is 0 Å². The van der Waals surface area contributed by atoms with Gasteiger partial charge in [0.25, 0.3) is 0 Å². The van der Waals surface area contributed by atoms with Crippen LogP contribution in [0.5, 0.6) is 0 Å². The number of alkyl halides is 3. The van der Waals surface area contributed by atoms with Gasteiger partial charge in [-0.05, 0) is 51.2 Å². The van der Waals surface area contributed by atoms with E-state index >= 15 is 0 Å². The number of hydrogen-bond acceptors (Lipinski definition) is 7. The van der Waals surface area contributed by atoms with Crippen molar-refractivity contribution < 1.29 is 45.8 Å². The number of carbonyl (C=O) groups excluding carboxylic acids is 2. The van der Waals surface area contributed by atoms with Crippen molar-refractivity contribution in [3.05, 3.63) is 29.1 Å². The fourth-order valence-electron chi connectivity index (χ4n) is 5.67. The molecular weight excluding hydrogens is 547 g/mol. The van der Waals surface area contributed by atoms with E-state index in [-0.39, 0.29) is 51.0 Å². The molecule has 1 aromatic heterocycles. The average molecular weight is 578 g/mol. The number of amides is 3. The lowest BCUT2D eigenvalue weighted by Gasteiger charge is -2.37. The summed E-state index contributed by atoms with van der Waals surface area (Å²) >= 11 is 0. The van der Waals surface area contributed by atoms with Gasteiger partial charge in [0.15, 0.2) is 0 Å². The number of nitrogens with one attached hydrogen (secondary N) is 2. The molecular formula is C23H30F3N5O7S. The van der Waals surface area contributed by atoms with Crippen LogP contribution in [0.2, 0.25) is 0 Å². The number of carbonyl (C=O) groups is 3. The number of aromatic nitrogens is 1. The largest absolute Gasteiger partial charge is 0.464 e. The van der Waals surface area contributed by atoms with Crippen LogP contribution in [-0.4, -0.2) is 77.1 Å². The van der Waals surface area contributed by atoms with E-state index in [1.165, 1.54) is 9.62 Å². The van der Waals surface area contributed by atoms with E-state index in [1.54, 1.807) is 20.8 Å². The fraction of sp³-hybridized carbons (Fsp3) is 0.652. The summed E-state index contributed by atoms with van der Waals surface area (Å²) in [5, 5.41) is 11.7. The van der Waals surface area contributed by atoms with Crippen LogP contribution in [0.25, 0.3) is 0 Å². The number of hydrogen-bond donors (Lipinski definition) is 3. The van der Waals surface area contributed by atoms with Crippen LogP contribution in [0.1, 0.15) is 50.4 Å². The molecule has 3 aliphatic rings. The molecule has 1 saturated heterocycles. The molecule has 0 radical (unpaired) electrons. The summed E-state index contributed by atoms with van der Waals surface area (Å²) in [5.41, 5.74) is -2.36. The Morgan fingerprint density at radius 2 is 1.92 bits per heavy atom. The molecule has 2 aliphatic heterocycles. The first-order valence-corrected chi connectivity index (χ1v) is 13.7. The van der Waals surface area contributed by atoms with Crippen LogP contribution in [0.15, 0.2) is 12.3 Å². The van der Waals surface area contributed by atoms with E-state index in [9.17, 15) is 36.0 Å². The second kappa shape index (κ2) is 9.80. The standard InChI is InChI=1S/C23H30F3N5O7S/c1-21(2,3)38-20(35)28-16-7-15-11-31(39(36,37)29-19(33)34)12-22(15,8-16)18(32)30-5-4-17-13(10-30)6-14(9-27-17)23(24,25)26/h6,9,15-16,29H,4-5,7-8,10-12H2,1-3H3,(H,28,35)(H,33,34)/t15-,16+,22-/m0/s1. The van der Waals surface area contributed by atoms with Gasteiger partial charge in [-0.15, -0.1) is 0 Å². The minimum atomic E-state index is -4.61. The predicted molar refractivity (Wildman–Crippen MR) is 128 cm³/mol. The Hall–Kier alpha value is -3.14. The summed E-state index contributed by atoms with van der Waals surface area (Å²) in [4.78, 5) is 42.8. The van der Waals surface area contributed by atoms with Crippen molar-refractivity contribution in [2.45, 2.75) is 64.4 Å². The van der Waals surface area contributed by atoms with Gasteiger partial charge < -0.3 is 20.1 Å². The van der Waals surface area contributed by atoms with E-state index in [0.29, 0.717) is 5.69 Å². The Labute approximate surface area is 223 Å². The molecule has 1 aliphatic carbocycles. The molecule has 1 saturated carbocycles. The molecule has 4 rings (SSSR count). The maximum absolute atomic E-state index is 14.0. The molecule has 0 spiro atoms. The molecule has 3 atom stereocenters. The maximum atomic E-state index is 14.0. The SMILES string of the molecule is CC(C)(C)OC(=O)N[C@@H]1C[C@H]2CN(S(=O)(=O)NC(=O)O)C[C@@]2(C(=O)N2CCc3ncc(C(F)(F)F)cc3C2)C1. The van der Waals surface area contributed by atoms with E-state index in [4.69, 9.17) is 9.84 Å². The van der Waals surface area contributed by atoms with Gasteiger partial charge in [0.1, 0.15) is 5.60 Å². The lowest BCUT2D eigenvalue weighted by Crippen LogP contribution is -2.50. The van der Waals surface area contributed by atoms with Gasteiger partial charge in [0.2, 0.25) is 5.91 Å². The quantitative estimate of drug-likeness (QED) is 0.491. The smallest absolute Gasteiger partial charge is 0.419 e. The molecule has 39 heavy (non-hydrogen) atoms. The zero-order chi connectivity index (χ0) is 29.0. The summed E-state index contributed by atoms with van der Waals surface area (Å²) in [6.45, 7) is 4.54. The Balaban J connectivity index is 1.60. The van der Waals surface area contributed by atoms with Gasteiger partial charge in [-0.2, -0.15) is 25.9 Å². The number of alkyl carbamates (subject to hydrolysis) is 1. The van der Waals surface area contributed by atoms with Crippen LogP contribution in [0.3, 0.4) is 0 Å². The summed E-state index contributed by atoms with van der Waals surface area (Å²) in [6, 6.07) is 0.419. The van der Waals surface area contributed by atoms with Crippen molar-refractivity contribution in [2.24, 2.45) is 11.3 Å². The molecule has 0 bridgehead atoms. The molecule has 3 N–H and O–H groups in total. The molecule has 216 valence electrons. The summed E-state index contributed by atoms with van der Waals surface area (Å²) in [5.74, 6) is -1.06. The van der Waals surface area contributed by atoms with E-state index < -0.39 is 63.0 Å². The highest BCUT2D eigenvalue weighted by Crippen LogP contribution is 2.51. The minimum Gasteiger partial charge on any atom is -0.464 e. The van der Waals surface area contributed by atoms with Gasteiger partial charge in [0.05, 0.1) is 11.0 Å². The molecule has 0 aromatic carbocycles. The topological polar surface area (TPSA) is 158 Å². The first kappa shape index (κ1) is 28.9. The van der Waals surface area contributed by atoms with Gasteiger partial charge in [-0.25, -0.2) is 14.3 Å². The second-order valence-corrected chi connectivity index (χ2v) is 12.8. The molecule has 12 nitrogen and oxygen atoms in total. The normalized spacial score (nSPS) is 25.5. The average Bonchev–Trinajstić information content (AvgIpc) is 3.30. The van der Waals surface area contributed by atoms with Crippen LogP contribution in [0, 0.1) is 11.3 Å². The molecule has 2 fully saturated rings. The van der Waals surface area contributed by atoms with Gasteiger partial charge >= 0.3 is 28.6 Å². The van der Waals surface area contributed by atoms with Crippen LogP contribution >= 0.6 is 0 Å². The predicted octanol–water partition coefficient (Wildman–Crippen LogP) is 2.10. The van der Waals surface area contributed by atoms with E-state index in [1.807, 2.05) is 0 Å². The van der Waals surface area contributed by atoms with Crippen molar-refractivity contribution in [2.75, 3.05) is 19.6 Å². The summed E-state index contributed by atoms with van der Waals surface area (Å²) in [6.07, 6.45) is -5.87. The number of fused-ring (bicyclic) bond motifs is 2. The Bertz CT molecular complexity index is 1280. The minimum absolute atomic E-state index is 0.0407. The molecule has 3 heterocycles. The Morgan fingerprint density at radius 1 is 1.23 bits per heavy atom. The zero-order valence-electron chi connectivity index (χ0n) is 21.5. The van der Waals surface area contributed by atoms with Crippen molar-refractivity contribution in [1.82, 2.24) is 24.2 Å². The lowest BCUT2D eigenvalue weighted by atomic mass is 9.78. The van der Waals surface area contributed by atoms with Crippen molar-refractivity contribution in [3.63, 3.8) is 0 Å². The zero-order valence-corrected chi connectivity index (χ0v) is 22.4. The maximum Gasteiger partial charge on any atom is 0.419 e. The number of pyridine rings is 1. The highest BCUT2D eigenvalue weighted by molar-refractivity contribution is 7.87. The number of halogens is 3. The van der Waals surface area contributed by atoms with Crippen molar-refractivity contribution >= 4 is 28.3 Å². The number of carboxylic acid groups (broad SMARTS) is 1. The van der Waals surface area contributed by atoms with Gasteiger partial charge in [-0.3, -0.25) is 9.78 Å². The van der Waals surface area contributed by atoms with Crippen LogP contribution in [-0.2, 0) is 38.9 Å².